The molecule has 0 fully saturated rings. The van der Waals surface area contributed by atoms with E-state index in [1.54, 1.807) is 55.5 Å². The van der Waals surface area contributed by atoms with E-state index in [4.69, 9.17) is 10.00 Å². The van der Waals surface area contributed by atoms with E-state index in [9.17, 15) is 13.2 Å². The van der Waals surface area contributed by atoms with Gasteiger partial charge in [-0.15, -0.1) is 0 Å². The Morgan fingerprint density at radius 3 is 2.46 bits per heavy atom. The van der Waals surface area contributed by atoms with Crippen molar-refractivity contribution in [3.05, 3.63) is 54.1 Å². The van der Waals surface area contributed by atoms with Crippen LogP contribution in [0.3, 0.4) is 0 Å². The number of benzene rings is 2. The number of nitrogens with one attached hydrogen (secondary N) is 1. The average Bonchev–Trinajstić information content (AvgIpc) is 2.66. The SMILES string of the molecule is CC[C@@H](C(=O)Nc1ccc(CC#N)cc1)N(c1cccc(OC)c1)S(C)(=O)=O. The van der Waals surface area contributed by atoms with Crippen LogP contribution in [0, 0.1) is 11.3 Å². The summed E-state index contributed by atoms with van der Waals surface area (Å²) in [7, 11) is -2.23. The van der Waals surface area contributed by atoms with Crippen LogP contribution in [0.1, 0.15) is 18.9 Å². The molecular formula is C20H23N3O4S. The highest BCUT2D eigenvalue weighted by molar-refractivity contribution is 7.92. The minimum Gasteiger partial charge on any atom is -0.497 e. The van der Waals surface area contributed by atoms with Crippen molar-refractivity contribution in [1.29, 1.82) is 5.26 Å². The van der Waals surface area contributed by atoms with Crippen molar-refractivity contribution in [2.45, 2.75) is 25.8 Å². The van der Waals surface area contributed by atoms with E-state index in [0.717, 1.165) is 16.1 Å². The number of methoxy groups -OCH3 is 1. The lowest BCUT2D eigenvalue weighted by Crippen LogP contribution is -2.47. The van der Waals surface area contributed by atoms with Gasteiger partial charge in [0.2, 0.25) is 15.9 Å². The van der Waals surface area contributed by atoms with E-state index in [2.05, 4.69) is 11.4 Å². The molecule has 0 bridgehead atoms. The fourth-order valence-electron chi connectivity index (χ4n) is 2.83. The Labute approximate surface area is 165 Å². The summed E-state index contributed by atoms with van der Waals surface area (Å²) in [4.78, 5) is 12.9. The van der Waals surface area contributed by atoms with E-state index in [0.29, 0.717) is 17.1 Å². The Balaban J connectivity index is 2.32. The monoisotopic (exact) mass is 401 g/mol. The number of sulfonamides is 1. The molecule has 2 aromatic rings. The number of carbonyl (C=O) groups is 1. The average molecular weight is 401 g/mol. The molecule has 0 aliphatic carbocycles. The van der Waals surface area contributed by atoms with Gasteiger partial charge >= 0.3 is 0 Å². The quantitative estimate of drug-likeness (QED) is 0.733. The van der Waals surface area contributed by atoms with Gasteiger partial charge in [0.1, 0.15) is 11.8 Å². The minimum atomic E-state index is -3.72. The number of rotatable bonds is 8. The van der Waals surface area contributed by atoms with Crippen LogP contribution in [0.2, 0.25) is 0 Å². The first kappa shape index (κ1) is 21.3. The molecule has 2 rings (SSSR count). The summed E-state index contributed by atoms with van der Waals surface area (Å²) >= 11 is 0. The van der Waals surface area contributed by atoms with E-state index >= 15 is 0 Å². The van der Waals surface area contributed by atoms with Crippen LogP contribution in [0.25, 0.3) is 0 Å². The maximum Gasteiger partial charge on any atom is 0.248 e. The molecule has 1 amide bonds. The van der Waals surface area contributed by atoms with Crippen molar-refractivity contribution in [3.8, 4) is 11.8 Å². The number of amides is 1. The Hall–Kier alpha value is -3.05. The first-order chi connectivity index (χ1) is 13.3. The molecule has 8 heteroatoms. The van der Waals surface area contributed by atoms with Gasteiger partial charge in [0.25, 0.3) is 0 Å². The van der Waals surface area contributed by atoms with E-state index < -0.39 is 22.0 Å². The zero-order chi connectivity index (χ0) is 20.7. The Bertz CT molecular complexity index is 966. The fourth-order valence-corrected chi connectivity index (χ4v) is 4.03. The fraction of sp³-hybridized carbons (Fsp3) is 0.300. The standard InChI is InChI=1S/C20H23N3O4S/c1-4-19(20(24)22-16-10-8-15(9-11-16)12-13-21)23(28(3,25)26)17-6-5-7-18(14-17)27-2/h5-11,14,19H,4,12H2,1-3H3,(H,22,24)/t19-/m0/s1. The second-order valence-electron chi connectivity index (χ2n) is 6.21. The van der Waals surface area contributed by atoms with E-state index in [1.165, 1.54) is 7.11 Å². The summed E-state index contributed by atoms with van der Waals surface area (Å²) < 4.78 is 31.2. The van der Waals surface area contributed by atoms with Gasteiger partial charge in [-0.3, -0.25) is 9.10 Å². The van der Waals surface area contributed by atoms with Gasteiger partial charge in [-0.1, -0.05) is 25.1 Å². The van der Waals surface area contributed by atoms with Crippen molar-refractivity contribution >= 4 is 27.3 Å². The molecule has 0 heterocycles. The summed E-state index contributed by atoms with van der Waals surface area (Å²) in [5.74, 6) is 0.0540. The molecule has 148 valence electrons. The maximum atomic E-state index is 12.9. The number of nitrogens with zero attached hydrogens (tertiary/aromatic N) is 2. The van der Waals surface area contributed by atoms with E-state index in [1.807, 2.05) is 0 Å². The Kier molecular flexibility index (Phi) is 7.01. The third-order valence-electron chi connectivity index (χ3n) is 4.14. The predicted octanol–water partition coefficient (Wildman–Crippen LogP) is 2.94. The lowest BCUT2D eigenvalue weighted by Gasteiger charge is -2.30. The maximum absolute atomic E-state index is 12.9. The normalized spacial score (nSPS) is 11.9. The summed E-state index contributed by atoms with van der Waals surface area (Å²) in [6, 6.07) is 14.6. The topological polar surface area (TPSA) is 99.5 Å². The minimum absolute atomic E-state index is 0.280. The highest BCUT2D eigenvalue weighted by Crippen LogP contribution is 2.27. The highest BCUT2D eigenvalue weighted by Gasteiger charge is 2.31. The number of anilines is 2. The highest BCUT2D eigenvalue weighted by atomic mass is 32.2. The van der Waals surface area contributed by atoms with Crippen LogP contribution < -0.4 is 14.4 Å². The molecule has 1 N–H and O–H groups in total. The molecule has 0 aliphatic heterocycles. The summed E-state index contributed by atoms with van der Waals surface area (Å²) in [5, 5.41) is 11.5. The van der Waals surface area contributed by atoms with Crippen molar-refractivity contribution in [1.82, 2.24) is 0 Å². The molecule has 0 unspecified atom stereocenters. The number of carbonyl (C=O) groups excluding carboxylic acids is 1. The van der Waals surface area contributed by atoms with E-state index in [-0.39, 0.29) is 12.8 Å². The molecule has 0 radical (unpaired) electrons. The first-order valence-electron chi connectivity index (χ1n) is 8.70. The lowest BCUT2D eigenvalue weighted by molar-refractivity contribution is -0.117. The lowest BCUT2D eigenvalue weighted by atomic mass is 10.1. The van der Waals surface area contributed by atoms with Gasteiger partial charge < -0.3 is 10.1 Å². The van der Waals surface area contributed by atoms with Gasteiger partial charge in [-0.05, 0) is 36.2 Å². The molecule has 0 saturated heterocycles. The van der Waals surface area contributed by atoms with Crippen LogP contribution in [-0.2, 0) is 21.2 Å². The van der Waals surface area contributed by atoms with Crippen molar-refractivity contribution in [2.75, 3.05) is 23.0 Å². The zero-order valence-electron chi connectivity index (χ0n) is 16.0. The summed E-state index contributed by atoms with van der Waals surface area (Å²) in [6.45, 7) is 1.75. The number of hydrogen-bond acceptors (Lipinski definition) is 5. The number of ether oxygens (including phenoxy) is 1. The Morgan fingerprint density at radius 2 is 1.93 bits per heavy atom. The van der Waals surface area contributed by atoms with Crippen LogP contribution in [0.5, 0.6) is 5.75 Å². The molecule has 7 nitrogen and oxygen atoms in total. The van der Waals surface area contributed by atoms with Gasteiger partial charge in [-0.2, -0.15) is 5.26 Å². The van der Waals surface area contributed by atoms with Crippen molar-refractivity contribution < 1.29 is 17.9 Å². The van der Waals surface area contributed by atoms with Crippen LogP contribution in [0.4, 0.5) is 11.4 Å². The second-order valence-corrected chi connectivity index (χ2v) is 8.06. The molecule has 0 saturated carbocycles. The molecular weight excluding hydrogens is 378 g/mol. The number of hydrogen-bond donors (Lipinski definition) is 1. The number of nitriles is 1. The largest absolute Gasteiger partial charge is 0.497 e. The molecule has 0 aliphatic rings. The molecule has 0 spiro atoms. The third-order valence-corrected chi connectivity index (χ3v) is 5.32. The first-order valence-corrected chi connectivity index (χ1v) is 10.5. The van der Waals surface area contributed by atoms with Gasteiger partial charge in [0.15, 0.2) is 0 Å². The predicted molar refractivity (Wildman–Crippen MR) is 109 cm³/mol. The van der Waals surface area contributed by atoms with Gasteiger partial charge in [-0.25, -0.2) is 8.42 Å². The van der Waals surface area contributed by atoms with Crippen LogP contribution >= 0.6 is 0 Å². The van der Waals surface area contributed by atoms with Crippen molar-refractivity contribution in [3.63, 3.8) is 0 Å². The van der Waals surface area contributed by atoms with Crippen LogP contribution in [0.15, 0.2) is 48.5 Å². The zero-order valence-corrected chi connectivity index (χ0v) is 16.9. The van der Waals surface area contributed by atoms with Gasteiger partial charge in [0.05, 0.1) is 31.5 Å². The molecule has 2 aromatic carbocycles. The molecule has 1 atom stereocenters. The van der Waals surface area contributed by atoms with Crippen molar-refractivity contribution in [2.24, 2.45) is 0 Å². The third kappa shape index (κ3) is 5.24. The van der Waals surface area contributed by atoms with Gasteiger partial charge in [0, 0.05) is 11.8 Å². The summed E-state index contributed by atoms with van der Waals surface area (Å²) in [6.07, 6.45) is 1.63. The smallest absolute Gasteiger partial charge is 0.248 e. The Morgan fingerprint density at radius 1 is 1.25 bits per heavy atom. The molecule has 28 heavy (non-hydrogen) atoms. The molecule has 0 aromatic heterocycles. The summed E-state index contributed by atoms with van der Waals surface area (Å²) in [5.41, 5.74) is 1.72. The second kappa shape index (κ2) is 9.24. The van der Waals surface area contributed by atoms with Crippen LogP contribution in [-0.4, -0.2) is 33.7 Å².